The minimum atomic E-state index is -0.0186. The van der Waals surface area contributed by atoms with Crippen LogP contribution in [-0.4, -0.2) is 71.9 Å². The minimum Gasteiger partial charge on any atom is -0.394 e. The first kappa shape index (κ1) is 15.2. The van der Waals surface area contributed by atoms with Gasteiger partial charge in [0.05, 0.1) is 6.61 Å². The minimum absolute atomic E-state index is 0.0186. The maximum Gasteiger partial charge on any atom is 0.0613 e. The average Bonchev–Trinajstić information content (AvgIpc) is 2.81. The van der Waals surface area contributed by atoms with Crippen LogP contribution in [0.15, 0.2) is 0 Å². The van der Waals surface area contributed by atoms with E-state index in [1.807, 2.05) is 0 Å². The highest BCUT2D eigenvalue weighted by Crippen LogP contribution is 2.34. The van der Waals surface area contributed by atoms with Gasteiger partial charge in [-0.15, -0.1) is 0 Å². The molecule has 2 aliphatic rings. The van der Waals surface area contributed by atoms with E-state index in [2.05, 4.69) is 42.9 Å². The number of rotatable bonds is 4. The second-order valence-electron chi connectivity index (χ2n) is 6.68. The number of nitrogens with zero attached hydrogens (tertiary/aromatic N) is 2. The topological polar surface area (TPSA) is 38.7 Å². The number of aliphatic hydroxyl groups is 1. The standard InChI is InChI=1S/C15H31N3O/c1-5-16-15(11-19)7-6-14(8-15)18-9-12(2)17(4)13(3)10-18/h12-14,16,19H,5-11H2,1-4H3. The van der Waals surface area contributed by atoms with E-state index in [1.54, 1.807) is 0 Å². The predicted molar refractivity (Wildman–Crippen MR) is 79.4 cm³/mol. The van der Waals surface area contributed by atoms with Crippen molar-refractivity contribution in [1.82, 2.24) is 15.1 Å². The van der Waals surface area contributed by atoms with E-state index >= 15 is 0 Å². The molecule has 4 nitrogen and oxygen atoms in total. The average molecular weight is 269 g/mol. The second-order valence-corrected chi connectivity index (χ2v) is 6.68. The molecule has 1 heterocycles. The normalized spacial score (nSPS) is 41.8. The summed E-state index contributed by atoms with van der Waals surface area (Å²) >= 11 is 0. The Morgan fingerprint density at radius 1 is 1.26 bits per heavy atom. The summed E-state index contributed by atoms with van der Waals surface area (Å²) in [5.74, 6) is 0. The first-order chi connectivity index (χ1) is 9.01. The molecule has 1 aliphatic carbocycles. The molecular weight excluding hydrogens is 238 g/mol. The van der Waals surface area contributed by atoms with Crippen molar-refractivity contribution in [2.45, 2.75) is 63.7 Å². The van der Waals surface area contributed by atoms with Crippen LogP contribution in [0.25, 0.3) is 0 Å². The monoisotopic (exact) mass is 269 g/mol. The number of piperazine rings is 1. The van der Waals surface area contributed by atoms with Crippen LogP contribution in [0, 0.1) is 0 Å². The van der Waals surface area contributed by atoms with Gasteiger partial charge in [0.1, 0.15) is 0 Å². The smallest absolute Gasteiger partial charge is 0.0613 e. The molecule has 1 saturated carbocycles. The van der Waals surface area contributed by atoms with Crippen molar-refractivity contribution in [2.24, 2.45) is 0 Å². The molecule has 0 bridgehead atoms. The van der Waals surface area contributed by atoms with Crippen molar-refractivity contribution in [1.29, 1.82) is 0 Å². The van der Waals surface area contributed by atoms with Gasteiger partial charge in [-0.05, 0) is 46.7 Å². The fourth-order valence-electron chi connectivity index (χ4n) is 3.89. The molecule has 0 spiro atoms. The zero-order chi connectivity index (χ0) is 14.0. The Morgan fingerprint density at radius 3 is 2.42 bits per heavy atom. The van der Waals surface area contributed by atoms with Gasteiger partial charge in [0.15, 0.2) is 0 Å². The zero-order valence-electron chi connectivity index (χ0n) is 13.0. The highest BCUT2D eigenvalue weighted by Gasteiger charge is 2.42. The summed E-state index contributed by atoms with van der Waals surface area (Å²) in [4.78, 5) is 5.14. The molecule has 2 rings (SSSR count). The summed E-state index contributed by atoms with van der Waals surface area (Å²) in [6.45, 7) is 10.3. The molecule has 0 radical (unpaired) electrons. The summed E-state index contributed by atoms with van der Waals surface area (Å²) < 4.78 is 0. The molecule has 4 atom stereocenters. The van der Waals surface area contributed by atoms with E-state index in [1.165, 1.54) is 19.5 Å². The predicted octanol–water partition coefficient (Wildman–Crippen LogP) is 0.904. The Labute approximate surface area is 118 Å². The molecule has 19 heavy (non-hydrogen) atoms. The van der Waals surface area contributed by atoms with Crippen LogP contribution >= 0.6 is 0 Å². The third-order valence-electron chi connectivity index (χ3n) is 5.34. The number of nitrogens with one attached hydrogen (secondary N) is 1. The summed E-state index contributed by atoms with van der Waals surface area (Å²) in [7, 11) is 2.23. The third kappa shape index (κ3) is 3.13. The molecular formula is C15H31N3O. The largest absolute Gasteiger partial charge is 0.394 e. The van der Waals surface area contributed by atoms with Gasteiger partial charge in [-0.2, -0.15) is 0 Å². The van der Waals surface area contributed by atoms with Crippen molar-refractivity contribution < 1.29 is 5.11 Å². The maximum absolute atomic E-state index is 9.72. The van der Waals surface area contributed by atoms with Crippen LogP contribution in [0.5, 0.6) is 0 Å². The van der Waals surface area contributed by atoms with E-state index in [-0.39, 0.29) is 12.1 Å². The lowest BCUT2D eigenvalue weighted by molar-refractivity contribution is 0.0313. The molecule has 0 aromatic rings. The molecule has 112 valence electrons. The lowest BCUT2D eigenvalue weighted by Gasteiger charge is -2.45. The van der Waals surface area contributed by atoms with Crippen LogP contribution in [0.2, 0.25) is 0 Å². The van der Waals surface area contributed by atoms with E-state index in [4.69, 9.17) is 0 Å². The Kier molecular flexibility index (Phi) is 4.88. The van der Waals surface area contributed by atoms with Crippen LogP contribution in [-0.2, 0) is 0 Å². The van der Waals surface area contributed by atoms with Gasteiger partial charge in [-0.3, -0.25) is 9.80 Å². The highest BCUT2D eigenvalue weighted by atomic mass is 16.3. The van der Waals surface area contributed by atoms with Gasteiger partial charge in [0.25, 0.3) is 0 Å². The van der Waals surface area contributed by atoms with Crippen LogP contribution in [0.3, 0.4) is 0 Å². The van der Waals surface area contributed by atoms with Gasteiger partial charge in [0, 0.05) is 36.8 Å². The van der Waals surface area contributed by atoms with E-state index in [0.29, 0.717) is 18.1 Å². The second kappa shape index (κ2) is 6.08. The lowest BCUT2D eigenvalue weighted by Crippen LogP contribution is -2.57. The van der Waals surface area contributed by atoms with Crippen LogP contribution in [0.4, 0.5) is 0 Å². The first-order valence-electron chi connectivity index (χ1n) is 7.83. The fourth-order valence-corrected chi connectivity index (χ4v) is 3.89. The molecule has 4 heteroatoms. The zero-order valence-corrected chi connectivity index (χ0v) is 13.0. The SMILES string of the molecule is CCNC1(CO)CCC(N2CC(C)N(C)C(C)C2)C1. The Hall–Kier alpha value is -0.160. The molecule has 2 fully saturated rings. The fraction of sp³-hybridized carbons (Fsp3) is 1.00. The molecule has 0 aromatic carbocycles. The van der Waals surface area contributed by atoms with Crippen LogP contribution < -0.4 is 5.32 Å². The quantitative estimate of drug-likeness (QED) is 0.795. The van der Waals surface area contributed by atoms with E-state index in [0.717, 1.165) is 19.4 Å². The van der Waals surface area contributed by atoms with E-state index < -0.39 is 0 Å². The molecule has 1 saturated heterocycles. The van der Waals surface area contributed by atoms with Crippen molar-refractivity contribution in [3.63, 3.8) is 0 Å². The summed E-state index contributed by atoms with van der Waals surface area (Å²) in [6.07, 6.45) is 3.42. The van der Waals surface area contributed by atoms with Gasteiger partial charge < -0.3 is 10.4 Å². The number of aliphatic hydroxyl groups excluding tert-OH is 1. The van der Waals surface area contributed by atoms with Gasteiger partial charge >= 0.3 is 0 Å². The van der Waals surface area contributed by atoms with Crippen molar-refractivity contribution >= 4 is 0 Å². The van der Waals surface area contributed by atoms with Crippen molar-refractivity contribution in [3.8, 4) is 0 Å². The lowest BCUT2D eigenvalue weighted by atomic mass is 9.97. The van der Waals surface area contributed by atoms with Crippen molar-refractivity contribution in [2.75, 3.05) is 33.3 Å². The number of hydrogen-bond acceptors (Lipinski definition) is 4. The summed E-state index contributed by atoms with van der Waals surface area (Å²) in [5.41, 5.74) is -0.0186. The number of likely N-dealkylation sites (N-methyl/N-ethyl adjacent to an activating group) is 2. The Morgan fingerprint density at radius 2 is 1.89 bits per heavy atom. The Bertz CT molecular complexity index is 287. The van der Waals surface area contributed by atoms with Crippen molar-refractivity contribution in [3.05, 3.63) is 0 Å². The first-order valence-corrected chi connectivity index (χ1v) is 7.83. The molecule has 2 N–H and O–H groups in total. The van der Waals surface area contributed by atoms with Gasteiger partial charge in [-0.1, -0.05) is 6.92 Å². The maximum atomic E-state index is 9.72. The van der Waals surface area contributed by atoms with Crippen LogP contribution in [0.1, 0.15) is 40.0 Å². The van der Waals surface area contributed by atoms with Gasteiger partial charge in [0.2, 0.25) is 0 Å². The van der Waals surface area contributed by atoms with E-state index in [9.17, 15) is 5.11 Å². The molecule has 1 aliphatic heterocycles. The number of hydrogen-bond donors (Lipinski definition) is 2. The summed E-state index contributed by atoms with van der Waals surface area (Å²) in [6, 6.07) is 1.91. The molecule has 0 aromatic heterocycles. The molecule has 4 unspecified atom stereocenters. The Balaban J connectivity index is 1.97. The van der Waals surface area contributed by atoms with Gasteiger partial charge in [-0.25, -0.2) is 0 Å². The molecule has 0 amide bonds. The third-order valence-corrected chi connectivity index (χ3v) is 5.34. The highest BCUT2D eigenvalue weighted by molar-refractivity contribution is 5.01. The summed E-state index contributed by atoms with van der Waals surface area (Å²) in [5, 5.41) is 13.2.